The van der Waals surface area contributed by atoms with E-state index < -0.39 is 5.97 Å². The topological polar surface area (TPSA) is 80.9 Å². The SMILES string of the molecule is CCn1cncc1/C=C/c1ncc(C(=O)O)c(C(C)C)n1. The van der Waals surface area contributed by atoms with Gasteiger partial charge in [0.15, 0.2) is 5.82 Å². The Morgan fingerprint density at radius 3 is 2.76 bits per heavy atom. The van der Waals surface area contributed by atoms with E-state index in [-0.39, 0.29) is 11.5 Å². The predicted octanol–water partition coefficient (Wildman–Crippen LogP) is 2.69. The van der Waals surface area contributed by atoms with Gasteiger partial charge >= 0.3 is 5.97 Å². The molecule has 0 radical (unpaired) electrons. The lowest BCUT2D eigenvalue weighted by atomic mass is 10.1. The van der Waals surface area contributed by atoms with Crippen molar-refractivity contribution in [3.63, 3.8) is 0 Å². The number of aromatic carboxylic acids is 1. The molecule has 0 unspecified atom stereocenters. The highest BCUT2D eigenvalue weighted by atomic mass is 16.4. The first kappa shape index (κ1) is 14.9. The first-order chi connectivity index (χ1) is 10.0. The maximum absolute atomic E-state index is 11.2. The van der Waals surface area contributed by atoms with Gasteiger partial charge in [0.1, 0.15) is 0 Å². The molecule has 2 heterocycles. The Balaban J connectivity index is 2.33. The van der Waals surface area contributed by atoms with Gasteiger partial charge in [-0.2, -0.15) is 0 Å². The summed E-state index contributed by atoms with van der Waals surface area (Å²) in [5.41, 5.74) is 1.65. The highest BCUT2D eigenvalue weighted by Crippen LogP contribution is 2.17. The zero-order valence-corrected chi connectivity index (χ0v) is 12.3. The monoisotopic (exact) mass is 286 g/mol. The van der Waals surface area contributed by atoms with Gasteiger partial charge in [-0.25, -0.2) is 19.7 Å². The molecule has 1 N–H and O–H groups in total. The molecule has 6 nitrogen and oxygen atoms in total. The maximum Gasteiger partial charge on any atom is 0.339 e. The molecule has 0 saturated heterocycles. The molecule has 0 spiro atoms. The first-order valence-corrected chi connectivity index (χ1v) is 6.81. The average molecular weight is 286 g/mol. The molecule has 0 amide bonds. The average Bonchev–Trinajstić information content (AvgIpc) is 2.92. The molecule has 0 atom stereocenters. The van der Waals surface area contributed by atoms with E-state index in [0.29, 0.717) is 11.5 Å². The van der Waals surface area contributed by atoms with Crippen LogP contribution in [0.2, 0.25) is 0 Å². The summed E-state index contributed by atoms with van der Waals surface area (Å²) >= 11 is 0. The second-order valence-corrected chi connectivity index (χ2v) is 4.92. The molecule has 21 heavy (non-hydrogen) atoms. The van der Waals surface area contributed by atoms with Crippen molar-refractivity contribution in [2.24, 2.45) is 0 Å². The van der Waals surface area contributed by atoms with Crippen molar-refractivity contribution in [2.75, 3.05) is 0 Å². The van der Waals surface area contributed by atoms with Crippen molar-refractivity contribution in [1.29, 1.82) is 0 Å². The summed E-state index contributed by atoms with van der Waals surface area (Å²) in [5.74, 6) is -0.488. The number of aryl methyl sites for hydroxylation is 1. The third-order valence-corrected chi connectivity index (χ3v) is 3.10. The molecule has 0 aliphatic heterocycles. The van der Waals surface area contributed by atoms with Gasteiger partial charge in [0.25, 0.3) is 0 Å². The van der Waals surface area contributed by atoms with Crippen molar-refractivity contribution < 1.29 is 9.90 Å². The van der Waals surface area contributed by atoms with Crippen LogP contribution in [0.4, 0.5) is 0 Å². The summed E-state index contributed by atoms with van der Waals surface area (Å²) in [5, 5.41) is 9.14. The van der Waals surface area contributed by atoms with E-state index in [2.05, 4.69) is 15.0 Å². The van der Waals surface area contributed by atoms with Crippen molar-refractivity contribution in [3.05, 3.63) is 41.5 Å². The summed E-state index contributed by atoms with van der Waals surface area (Å²) < 4.78 is 1.99. The number of carboxylic acid groups (broad SMARTS) is 1. The van der Waals surface area contributed by atoms with Crippen LogP contribution < -0.4 is 0 Å². The minimum Gasteiger partial charge on any atom is -0.478 e. The van der Waals surface area contributed by atoms with E-state index in [4.69, 9.17) is 5.11 Å². The lowest BCUT2D eigenvalue weighted by Gasteiger charge is -2.08. The van der Waals surface area contributed by atoms with Gasteiger partial charge in [0.2, 0.25) is 0 Å². The van der Waals surface area contributed by atoms with E-state index in [1.165, 1.54) is 6.20 Å². The Labute approximate surface area is 123 Å². The molecule has 0 aliphatic carbocycles. The number of imidazole rings is 1. The lowest BCUT2D eigenvalue weighted by Crippen LogP contribution is -2.08. The number of rotatable bonds is 5. The molecular formula is C15H18N4O2. The van der Waals surface area contributed by atoms with Crippen LogP contribution in [0.5, 0.6) is 0 Å². The van der Waals surface area contributed by atoms with Crippen molar-refractivity contribution in [1.82, 2.24) is 19.5 Å². The quantitative estimate of drug-likeness (QED) is 0.914. The fourth-order valence-corrected chi connectivity index (χ4v) is 1.99. The molecule has 6 heteroatoms. The summed E-state index contributed by atoms with van der Waals surface area (Å²) in [7, 11) is 0. The number of carboxylic acids is 1. The minimum atomic E-state index is -1.00. The number of hydrogen-bond donors (Lipinski definition) is 1. The van der Waals surface area contributed by atoms with Gasteiger partial charge in [0, 0.05) is 12.7 Å². The smallest absolute Gasteiger partial charge is 0.339 e. The maximum atomic E-state index is 11.2. The second-order valence-electron chi connectivity index (χ2n) is 4.92. The first-order valence-electron chi connectivity index (χ1n) is 6.81. The van der Waals surface area contributed by atoms with Crippen LogP contribution >= 0.6 is 0 Å². The normalized spacial score (nSPS) is 11.4. The van der Waals surface area contributed by atoms with Gasteiger partial charge in [-0.15, -0.1) is 0 Å². The minimum absolute atomic E-state index is 0.0208. The molecule has 110 valence electrons. The molecular weight excluding hydrogens is 268 g/mol. The van der Waals surface area contributed by atoms with Gasteiger partial charge < -0.3 is 9.67 Å². The fraction of sp³-hybridized carbons (Fsp3) is 0.333. The third kappa shape index (κ3) is 3.34. The highest BCUT2D eigenvalue weighted by Gasteiger charge is 2.15. The number of carbonyl (C=O) groups is 1. The van der Waals surface area contributed by atoms with Crippen LogP contribution in [0.15, 0.2) is 18.7 Å². The molecule has 2 rings (SSSR count). The summed E-state index contributed by atoms with van der Waals surface area (Å²) in [4.78, 5) is 23.7. The molecule has 0 aromatic carbocycles. The van der Waals surface area contributed by atoms with Gasteiger partial charge in [-0.3, -0.25) is 0 Å². The van der Waals surface area contributed by atoms with Gasteiger partial charge in [0.05, 0.1) is 29.5 Å². The molecule has 0 aliphatic rings. The summed E-state index contributed by atoms with van der Waals surface area (Å²) in [6.07, 6.45) is 8.51. The van der Waals surface area contributed by atoms with E-state index >= 15 is 0 Å². The summed E-state index contributed by atoms with van der Waals surface area (Å²) in [6, 6.07) is 0. The van der Waals surface area contributed by atoms with Crippen molar-refractivity contribution >= 4 is 18.1 Å². The summed E-state index contributed by atoms with van der Waals surface area (Å²) in [6.45, 7) is 6.69. The second kappa shape index (κ2) is 6.30. The molecule has 2 aromatic rings. The van der Waals surface area contributed by atoms with Crippen LogP contribution in [-0.4, -0.2) is 30.6 Å². The van der Waals surface area contributed by atoms with E-state index in [1.54, 1.807) is 18.6 Å². The number of nitrogens with zero attached hydrogens (tertiary/aromatic N) is 4. The molecule has 2 aromatic heterocycles. The van der Waals surface area contributed by atoms with Crippen LogP contribution in [0, 0.1) is 0 Å². The fourth-order valence-electron chi connectivity index (χ4n) is 1.99. The molecule has 0 fully saturated rings. The largest absolute Gasteiger partial charge is 0.478 e. The Bertz CT molecular complexity index is 674. The zero-order valence-electron chi connectivity index (χ0n) is 12.3. The van der Waals surface area contributed by atoms with Gasteiger partial charge in [-0.1, -0.05) is 13.8 Å². The van der Waals surface area contributed by atoms with Crippen LogP contribution in [0.3, 0.4) is 0 Å². The van der Waals surface area contributed by atoms with E-state index in [1.807, 2.05) is 31.4 Å². The Hall–Kier alpha value is -2.50. The predicted molar refractivity (Wildman–Crippen MR) is 79.9 cm³/mol. The lowest BCUT2D eigenvalue weighted by molar-refractivity contribution is 0.0694. The Morgan fingerprint density at radius 2 is 2.14 bits per heavy atom. The Morgan fingerprint density at radius 1 is 1.38 bits per heavy atom. The van der Waals surface area contributed by atoms with E-state index in [0.717, 1.165) is 12.2 Å². The number of hydrogen-bond acceptors (Lipinski definition) is 4. The Kier molecular flexibility index (Phi) is 4.47. The van der Waals surface area contributed by atoms with Crippen molar-refractivity contribution in [2.45, 2.75) is 33.2 Å². The van der Waals surface area contributed by atoms with Crippen LogP contribution in [0.1, 0.15) is 54.3 Å². The van der Waals surface area contributed by atoms with E-state index in [9.17, 15) is 4.79 Å². The van der Waals surface area contributed by atoms with Gasteiger partial charge in [-0.05, 0) is 25.0 Å². The zero-order chi connectivity index (χ0) is 15.4. The molecule has 0 bridgehead atoms. The highest BCUT2D eigenvalue weighted by molar-refractivity contribution is 5.88. The molecule has 0 saturated carbocycles. The van der Waals surface area contributed by atoms with Crippen LogP contribution in [0.25, 0.3) is 12.2 Å². The standard InChI is InChI=1S/C15H18N4O2/c1-4-19-9-16-7-11(19)5-6-13-17-8-12(15(20)21)14(18-13)10(2)3/h5-10H,4H2,1-3H3,(H,20,21)/b6-5+. The number of aromatic nitrogens is 4. The third-order valence-electron chi connectivity index (χ3n) is 3.10. The van der Waals surface area contributed by atoms with Crippen molar-refractivity contribution in [3.8, 4) is 0 Å². The van der Waals surface area contributed by atoms with Crippen LogP contribution in [-0.2, 0) is 6.54 Å².